The number of carbonyl (C=O) groups excluding carboxylic acids is 3. The molecule has 0 saturated carbocycles. The Balaban J connectivity index is 4.29. The highest BCUT2D eigenvalue weighted by molar-refractivity contribution is 5.71. The van der Waals surface area contributed by atoms with Gasteiger partial charge >= 0.3 is 17.9 Å². The molecular weight excluding hydrogens is 721 g/mol. The van der Waals surface area contributed by atoms with Gasteiger partial charge in [0.2, 0.25) is 0 Å². The van der Waals surface area contributed by atoms with E-state index in [1.165, 1.54) is 161 Å². The molecular formula is C52H100O6. The van der Waals surface area contributed by atoms with Crippen molar-refractivity contribution in [3.63, 3.8) is 0 Å². The summed E-state index contributed by atoms with van der Waals surface area (Å²) in [6.45, 7) is 13.7. The Labute approximate surface area is 361 Å². The summed E-state index contributed by atoms with van der Waals surface area (Å²) in [5.41, 5.74) is 0. The maximum Gasteiger partial charge on any atom is 0.306 e. The Hall–Kier alpha value is -1.59. The van der Waals surface area contributed by atoms with Crippen LogP contribution in [-0.2, 0) is 28.6 Å². The van der Waals surface area contributed by atoms with Crippen LogP contribution >= 0.6 is 0 Å². The lowest BCUT2D eigenvalue weighted by Crippen LogP contribution is -2.30. The molecule has 0 radical (unpaired) electrons. The molecule has 58 heavy (non-hydrogen) atoms. The highest BCUT2D eigenvalue weighted by Gasteiger charge is 2.19. The third kappa shape index (κ3) is 44.0. The summed E-state index contributed by atoms with van der Waals surface area (Å²) in [5, 5.41) is 0. The molecule has 2 atom stereocenters. The molecule has 0 fully saturated rings. The third-order valence-electron chi connectivity index (χ3n) is 12.0. The molecule has 1 unspecified atom stereocenters. The van der Waals surface area contributed by atoms with Crippen LogP contribution in [0.1, 0.15) is 279 Å². The standard InChI is InChI=1S/C52H100O6/c1-7-48(6)40-34-28-22-17-19-25-31-37-43-52(55)58-49(45-57-51(54)42-36-30-24-18-16-21-27-33-39-47(4)5)44-56-50(53)41-35-29-23-15-13-11-9-8-10-12-14-20-26-32-38-46(2)3/h46-49H,7-45H2,1-6H3/t48?,49-/m0/s1. The smallest absolute Gasteiger partial charge is 0.306 e. The average Bonchev–Trinajstić information content (AvgIpc) is 3.19. The van der Waals surface area contributed by atoms with Gasteiger partial charge in [-0.1, -0.05) is 241 Å². The summed E-state index contributed by atoms with van der Waals surface area (Å²) in [4.78, 5) is 37.9. The molecule has 6 heteroatoms. The second kappa shape index (κ2) is 43.5. The number of rotatable bonds is 45. The predicted molar refractivity (Wildman–Crippen MR) is 247 cm³/mol. The summed E-state index contributed by atoms with van der Waals surface area (Å²) >= 11 is 0. The van der Waals surface area contributed by atoms with Crippen molar-refractivity contribution in [2.24, 2.45) is 17.8 Å². The van der Waals surface area contributed by atoms with Crippen LogP contribution in [0.5, 0.6) is 0 Å². The minimum Gasteiger partial charge on any atom is -0.462 e. The molecule has 0 rings (SSSR count). The quantitative estimate of drug-likeness (QED) is 0.0346. The van der Waals surface area contributed by atoms with E-state index in [0.717, 1.165) is 75.5 Å². The van der Waals surface area contributed by atoms with Crippen molar-refractivity contribution in [2.75, 3.05) is 13.2 Å². The van der Waals surface area contributed by atoms with Crippen LogP contribution in [0, 0.1) is 17.8 Å². The van der Waals surface area contributed by atoms with E-state index in [4.69, 9.17) is 14.2 Å². The zero-order valence-corrected chi connectivity index (χ0v) is 39.8. The first kappa shape index (κ1) is 56.4. The van der Waals surface area contributed by atoms with E-state index in [9.17, 15) is 14.4 Å². The van der Waals surface area contributed by atoms with E-state index in [0.29, 0.717) is 19.3 Å². The van der Waals surface area contributed by atoms with Crippen molar-refractivity contribution in [3.05, 3.63) is 0 Å². The van der Waals surface area contributed by atoms with Gasteiger partial charge in [-0.05, 0) is 37.0 Å². The predicted octanol–water partition coefficient (Wildman–Crippen LogP) is 16.4. The first-order valence-electron chi connectivity index (χ1n) is 25.6. The zero-order chi connectivity index (χ0) is 42.7. The summed E-state index contributed by atoms with van der Waals surface area (Å²) < 4.78 is 16.8. The lowest BCUT2D eigenvalue weighted by molar-refractivity contribution is -0.167. The number of carbonyl (C=O) groups is 3. The normalized spacial score (nSPS) is 12.6. The second-order valence-electron chi connectivity index (χ2n) is 19.0. The van der Waals surface area contributed by atoms with Gasteiger partial charge in [0, 0.05) is 19.3 Å². The number of hydrogen-bond acceptors (Lipinski definition) is 6. The van der Waals surface area contributed by atoms with E-state index in [1.807, 2.05) is 0 Å². The summed E-state index contributed by atoms with van der Waals surface area (Å²) in [6.07, 6.45) is 42.3. The lowest BCUT2D eigenvalue weighted by Gasteiger charge is -2.18. The van der Waals surface area contributed by atoms with Gasteiger partial charge in [0.15, 0.2) is 6.10 Å². The van der Waals surface area contributed by atoms with Crippen LogP contribution in [0.15, 0.2) is 0 Å². The molecule has 0 aliphatic heterocycles. The summed E-state index contributed by atoms with van der Waals surface area (Å²) in [5.74, 6) is 1.63. The number of esters is 3. The largest absolute Gasteiger partial charge is 0.462 e. The van der Waals surface area contributed by atoms with Crippen LogP contribution in [0.4, 0.5) is 0 Å². The molecule has 0 aromatic heterocycles. The monoisotopic (exact) mass is 821 g/mol. The number of hydrogen-bond donors (Lipinski definition) is 0. The van der Waals surface area contributed by atoms with E-state index >= 15 is 0 Å². The SMILES string of the molecule is CCC(C)CCCCCCCCCCC(=O)O[C@@H](COC(=O)CCCCCCCCCCCCCCCCC(C)C)COC(=O)CCCCCCCCCCC(C)C. The lowest BCUT2D eigenvalue weighted by atomic mass is 9.99. The van der Waals surface area contributed by atoms with Gasteiger partial charge in [0.25, 0.3) is 0 Å². The summed E-state index contributed by atoms with van der Waals surface area (Å²) in [6, 6.07) is 0. The van der Waals surface area contributed by atoms with E-state index in [-0.39, 0.29) is 31.1 Å². The highest BCUT2D eigenvalue weighted by atomic mass is 16.6. The van der Waals surface area contributed by atoms with E-state index in [2.05, 4.69) is 41.5 Å². The Bertz CT molecular complexity index is 900. The fourth-order valence-electron chi connectivity index (χ4n) is 7.73. The molecule has 0 aromatic carbocycles. The minimum atomic E-state index is -0.763. The minimum absolute atomic E-state index is 0.0653. The Morgan fingerprint density at radius 1 is 0.345 bits per heavy atom. The average molecular weight is 821 g/mol. The van der Waals surface area contributed by atoms with Gasteiger partial charge in [-0.25, -0.2) is 0 Å². The molecule has 0 aliphatic rings. The molecule has 0 spiro atoms. The fourth-order valence-corrected chi connectivity index (χ4v) is 7.73. The first-order chi connectivity index (χ1) is 28.1. The van der Waals surface area contributed by atoms with Crippen LogP contribution < -0.4 is 0 Å². The molecule has 0 heterocycles. The van der Waals surface area contributed by atoms with Gasteiger partial charge < -0.3 is 14.2 Å². The van der Waals surface area contributed by atoms with E-state index in [1.54, 1.807) is 0 Å². The van der Waals surface area contributed by atoms with Gasteiger partial charge in [0.05, 0.1) is 0 Å². The van der Waals surface area contributed by atoms with Crippen LogP contribution in [-0.4, -0.2) is 37.2 Å². The maximum atomic E-state index is 12.8. The fraction of sp³-hybridized carbons (Fsp3) is 0.942. The van der Waals surface area contributed by atoms with Crippen molar-refractivity contribution >= 4 is 17.9 Å². The topological polar surface area (TPSA) is 78.9 Å². The molecule has 6 nitrogen and oxygen atoms in total. The van der Waals surface area contributed by atoms with Gasteiger partial charge in [-0.15, -0.1) is 0 Å². The van der Waals surface area contributed by atoms with E-state index < -0.39 is 6.10 Å². The molecule has 0 amide bonds. The second-order valence-corrected chi connectivity index (χ2v) is 19.0. The zero-order valence-electron chi connectivity index (χ0n) is 39.8. The van der Waals surface area contributed by atoms with Crippen molar-refractivity contribution in [2.45, 2.75) is 285 Å². The van der Waals surface area contributed by atoms with Crippen molar-refractivity contribution in [3.8, 4) is 0 Å². The first-order valence-corrected chi connectivity index (χ1v) is 25.6. The van der Waals surface area contributed by atoms with Crippen molar-refractivity contribution in [1.82, 2.24) is 0 Å². The van der Waals surface area contributed by atoms with Gasteiger partial charge in [-0.2, -0.15) is 0 Å². The highest BCUT2D eigenvalue weighted by Crippen LogP contribution is 2.18. The Morgan fingerprint density at radius 3 is 0.897 bits per heavy atom. The summed E-state index contributed by atoms with van der Waals surface area (Å²) in [7, 11) is 0. The number of unbranched alkanes of at least 4 members (excludes halogenated alkanes) is 27. The van der Waals surface area contributed by atoms with Crippen LogP contribution in [0.3, 0.4) is 0 Å². The van der Waals surface area contributed by atoms with Crippen LogP contribution in [0.25, 0.3) is 0 Å². The molecule has 344 valence electrons. The maximum absolute atomic E-state index is 12.8. The Morgan fingerprint density at radius 2 is 0.603 bits per heavy atom. The van der Waals surface area contributed by atoms with Gasteiger partial charge in [-0.3, -0.25) is 14.4 Å². The van der Waals surface area contributed by atoms with Crippen LogP contribution in [0.2, 0.25) is 0 Å². The van der Waals surface area contributed by atoms with Crippen molar-refractivity contribution < 1.29 is 28.6 Å². The number of ether oxygens (including phenoxy) is 3. The molecule has 0 aliphatic carbocycles. The Kier molecular flexibility index (Phi) is 42.3. The molecule has 0 N–H and O–H groups in total. The molecule has 0 bridgehead atoms. The third-order valence-corrected chi connectivity index (χ3v) is 12.0. The molecule has 0 aromatic rings. The van der Waals surface area contributed by atoms with Gasteiger partial charge in [0.1, 0.15) is 13.2 Å². The van der Waals surface area contributed by atoms with Crippen molar-refractivity contribution in [1.29, 1.82) is 0 Å². The molecule has 0 saturated heterocycles.